The van der Waals surface area contributed by atoms with Crippen LogP contribution in [-0.4, -0.2) is 29.8 Å². The van der Waals surface area contributed by atoms with Crippen molar-refractivity contribution < 1.29 is 9.59 Å². The Labute approximate surface area is 144 Å². The number of carbonyl (C=O) groups excluding carboxylic acids is 2. The third kappa shape index (κ3) is 4.16. The fourth-order valence-electron chi connectivity index (χ4n) is 3.85. The molecule has 24 heavy (non-hydrogen) atoms. The number of carbonyl (C=O) groups is 2. The van der Waals surface area contributed by atoms with Gasteiger partial charge >= 0.3 is 0 Å². The number of hydrogen-bond donors (Lipinski definition) is 1. The average Bonchev–Trinajstić information content (AvgIpc) is 2.67. The summed E-state index contributed by atoms with van der Waals surface area (Å²) < 4.78 is 0. The summed E-state index contributed by atoms with van der Waals surface area (Å²) >= 11 is 0. The summed E-state index contributed by atoms with van der Waals surface area (Å²) in [6.45, 7) is 1.61. The van der Waals surface area contributed by atoms with Crippen LogP contribution in [0.2, 0.25) is 0 Å². The molecular formula is C20H28N2O2. The molecule has 1 aromatic carbocycles. The smallest absolute Gasteiger partial charge is 0.249 e. The molecule has 1 heterocycles. The van der Waals surface area contributed by atoms with Gasteiger partial charge in [0.2, 0.25) is 11.8 Å². The molecule has 0 radical (unpaired) electrons. The van der Waals surface area contributed by atoms with E-state index >= 15 is 0 Å². The molecule has 1 saturated carbocycles. The Morgan fingerprint density at radius 2 is 1.54 bits per heavy atom. The van der Waals surface area contributed by atoms with Gasteiger partial charge in [-0.3, -0.25) is 9.59 Å². The van der Waals surface area contributed by atoms with Crippen molar-refractivity contribution in [2.45, 2.75) is 57.4 Å². The van der Waals surface area contributed by atoms with Crippen LogP contribution in [0, 0.1) is 5.92 Å². The van der Waals surface area contributed by atoms with E-state index in [9.17, 15) is 9.59 Å². The van der Waals surface area contributed by atoms with E-state index in [2.05, 4.69) is 5.32 Å². The van der Waals surface area contributed by atoms with E-state index in [0.717, 1.165) is 57.2 Å². The Kier molecular flexibility index (Phi) is 5.89. The first-order valence-electron chi connectivity index (χ1n) is 9.40. The van der Waals surface area contributed by atoms with E-state index in [4.69, 9.17) is 0 Å². The van der Waals surface area contributed by atoms with Crippen LogP contribution in [0.15, 0.2) is 30.3 Å². The number of nitrogens with zero attached hydrogens (tertiary/aromatic N) is 1. The van der Waals surface area contributed by atoms with Crippen LogP contribution < -0.4 is 5.32 Å². The maximum absolute atomic E-state index is 13.0. The molecule has 0 unspecified atom stereocenters. The average molecular weight is 328 g/mol. The lowest BCUT2D eigenvalue weighted by Crippen LogP contribution is -2.46. The van der Waals surface area contributed by atoms with E-state index in [1.165, 1.54) is 12.8 Å². The van der Waals surface area contributed by atoms with Crippen molar-refractivity contribution in [2.24, 2.45) is 5.92 Å². The molecule has 4 nitrogen and oxygen atoms in total. The second-order valence-electron chi connectivity index (χ2n) is 7.07. The minimum Gasteiger partial charge on any atom is -0.341 e. The SMILES string of the molecule is O=C(N[C@H](C(=O)N1CCCCC1)c1ccccc1)C1CCCCC1. The van der Waals surface area contributed by atoms with Crippen molar-refractivity contribution >= 4 is 11.8 Å². The fraction of sp³-hybridized carbons (Fsp3) is 0.600. The van der Waals surface area contributed by atoms with Crippen LogP contribution in [-0.2, 0) is 9.59 Å². The van der Waals surface area contributed by atoms with E-state index in [-0.39, 0.29) is 17.7 Å². The van der Waals surface area contributed by atoms with Crippen LogP contribution >= 0.6 is 0 Å². The molecule has 130 valence electrons. The summed E-state index contributed by atoms with van der Waals surface area (Å²) in [5, 5.41) is 3.07. The van der Waals surface area contributed by atoms with Crippen molar-refractivity contribution in [1.29, 1.82) is 0 Å². The van der Waals surface area contributed by atoms with Gasteiger partial charge in [-0.05, 0) is 37.7 Å². The van der Waals surface area contributed by atoms with Crippen LogP contribution in [0.1, 0.15) is 63.0 Å². The summed E-state index contributed by atoms with van der Waals surface area (Å²) in [7, 11) is 0. The first kappa shape index (κ1) is 17.0. The lowest BCUT2D eigenvalue weighted by atomic mass is 9.88. The second-order valence-corrected chi connectivity index (χ2v) is 7.07. The maximum atomic E-state index is 13.0. The molecule has 2 amide bonds. The van der Waals surface area contributed by atoms with Crippen molar-refractivity contribution in [3.8, 4) is 0 Å². The summed E-state index contributed by atoms with van der Waals surface area (Å²) in [5.74, 6) is 0.165. The predicted molar refractivity (Wildman–Crippen MR) is 94.3 cm³/mol. The molecule has 1 N–H and O–H groups in total. The van der Waals surface area contributed by atoms with Gasteiger partial charge in [-0.25, -0.2) is 0 Å². The highest BCUT2D eigenvalue weighted by molar-refractivity contribution is 5.89. The topological polar surface area (TPSA) is 49.4 Å². The quantitative estimate of drug-likeness (QED) is 0.920. The third-order valence-electron chi connectivity index (χ3n) is 5.31. The summed E-state index contributed by atoms with van der Waals surface area (Å²) in [5.41, 5.74) is 0.886. The van der Waals surface area contributed by atoms with Gasteiger partial charge in [0, 0.05) is 19.0 Å². The number of amides is 2. The van der Waals surface area contributed by atoms with Crippen LogP contribution in [0.25, 0.3) is 0 Å². The largest absolute Gasteiger partial charge is 0.341 e. The standard InChI is InChI=1S/C20H28N2O2/c23-19(17-12-6-2-7-13-17)21-18(16-10-4-1-5-11-16)20(24)22-14-8-3-9-15-22/h1,4-5,10-11,17-18H,2-3,6-9,12-15H2,(H,21,23)/t18-/m0/s1. The molecule has 4 heteroatoms. The van der Waals surface area contributed by atoms with Crippen LogP contribution in [0.4, 0.5) is 0 Å². The Hall–Kier alpha value is -1.84. The van der Waals surface area contributed by atoms with E-state index in [1.807, 2.05) is 35.2 Å². The Bertz CT molecular complexity index is 546. The number of nitrogens with one attached hydrogen (secondary N) is 1. The highest BCUT2D eigenvalue weighted by atomic mass is 16.2. The molecule has 2 aliphatic rings. The zero-order valence-corrected chi connectivity index (χ0v) is 14.4. The number of likely N-dealkylation sites (tertiary alicyclic amines) is 1. The van der Waals surface area contributed by atoms with Gasteiger partial charge in [0.1, 0.15) is 6.04 Å². The lowest BCUT2D eigenvalue weighted by Gasteiger charge is -2.32. The molecule has 0 bridgehead atoms. The zero-order valence-electron chi connectivity index (χ0n) is 14.4. The van der Waals surface area contributed by atoms with Gasteiger partial charge in [0.25, 0.3) is 0 Å². The Morgan fingerprint density at radius 1 is 0.917 bits per heavy atom. The van der Waals surface area contributed by atoms with E-state index in [1.54, 1.807) is 0 Å². The van der Waals surface area contributed by atoms with Crippen LogP contribution in [0.5, 0.6) is 0 Å². The molecular weight excluding hydrogens is 300 g/mol. The van der Waals surface area contributed by atoms with Crippen molar-refractivity contribution in [2.75, 3.05) is 13.1 Å². The molecule has 1 saturated heterocycles. The Balaban J connectivity index is 1.74. The molecule has 1 aromatic rings. The van der Waals surface area contributed by atoms with Gasteiger partial charge in [-0.2, -0.15) is 0 Å². The second kappa shape index (κ2) is 8.32. The highest BCUT2D eigenvalue weighted by Gasteiger charge is 2.30. The van der Waals surface area contributed by atoms with Crippen molar-refractivity contribution in [3.63, 3.8) is 0 Å². The van der Waals surface area contributed by atoms with Gasteiger partial charge in [0.15, 0.2) is 0 Å². The molecule has 2 fully saturated rings. The predicted octanol–water partition coefficient (Wildman–Crippen LogP) is 3.44. The lowest BCUT2D eigenvalue weighted by molar-refractivity contribution is -0.138. The summed E-state index contributed by atoms with van der Waals surface area (Å²) in [6, 6.07) is 9.13. The monoisotopic (exact) mass is 328 g/mol. The number of piperidine rings is 1. The third-order valence-corrected chi connectivity index (χ3v) is 5.31. The summed E-state index contributed by atoms with van der Waals surface area (Å²) in [6.07, 6.45) is 8.67. The number of rotatable bonds is 4. The van der Waals surface area contributed by atoms with Gasteiger partial charge in [-0.1, -0.05) is 49.6 Å². The van der Waals surface area contributed by atoms with Crippen molar-refractivity contribution in [1.82, 2.24) is 10.2 Å². The highest BCUT2D eigenvalue weighted by Crippen LogP contribution is 2.26. The molecule has 0 spiro atoms. The van der Waals surface area contributed by atoms with E-state index < -0.39 is 6.04 Å². The zero-order chi connectivity index (χ0) is 16.8. The van der Waals surface area contributed by atoms with Gasteiger partial charge in [-0.15, -0.1) is 0 Å². The summed E-state index contributed by atoms with van der Waals surface area (Å²) in [4.78, 5) is 27.6. The first-order valence-corrected chi connectivity index (χ1v) is 9.40. The van der Waals surface area contributed by atoms with Gasteiger partial charge in [0.05, 0.1) is 0 Å². The minimum atomic E-state index is -0.543. The van der Waals surface area contributed by atoms with Gasteiger partial charge < -0.3 is 10.2 Å². The molecule has 0 aromatic heterocycles. The first-order chi connectivity index (χ1) is 11.8. The van der Waals surface area contributed by atoms with Crippen LogP contribution in [0.3, 0.4) is 0 Å². The minimum absolute atomic E-state index is 0.0464. The normalized spacial score (nSPS) is 20.4. The molecule has 1 atom stereocenters. The number of hydrogen-bond acceptors (Lipinski definition) is 2. The van der Waals surface area contributed by atoms with E-state index in [0.29, 0.717) is 0 Å². The molecule has 1 aliphatic heterocycles. The fourth-order valence-corrected chi connectivity index (χ4v) is 3.85. The Morgan fingerprint density at radius 3 is 2.21 bits per heavy atom. The number of benzene rings is 1. The maximum Gasteiger partial charge on any atom is 0.249 e. The molecule has 1 aliphatic carbocycles. The van der Waals surface area contributed by atoms with Crippen molar-refractivity contribution in [3.05, 3.63) is 35.9 Å². The molecule has 3 rings (SSSR count).